The summed E-state index contributed by atoms with van der Waals surface area (Å²) in [4.78, 5) is 22.7. The third kappa shape index (κ3) is 6.37. The number of hydrogen-bond donors (Lipinski definition) is 0. The third-order valence-corrected chi connectivity index (χ3v) is 8.59. The number of alkyl halides is 7. The second kappa shape index (κ2) is 11.0. The Kier molecular flexibility index (Phi) is 8.19. The highest BCUT2D eigenvalue weighted by Crippen LogP contribution is 2.36. The minimum atomic E-state index is -4.91. The molecule has 0 N–H and O–H groups in total. The number of ketones is 1. The second-order valence-corrected chi connectivity index (χ2v) is 11.1. The van der Waals surface area contributed by atoms with E-state index in [9.17, 15) is 48.3 Å². The molecule has 0 bridgehead atoms. The van der Waals surface area contributed by atoms with Gasteiger partial charge in [0.1, 0.15) is 12.0 Å². The first-order chi connectivity index (χ1) is 19.0. The smallest absolute Gasteiger partial charge is 0.298 e. The van der Waals surface area contributed by atoms with Crippen molar-refractivity contribution in [1.82, 2.24) is 19.3 Å². The Labute approximate surface area is 228 Å². The van der Waals surface area contributed by atoms with Crippen LogP contribution in [0.15, 0.2) is 53.8 Å². The Morgan fingerprint density at radius 3 is 2.15 bits per heavy atom. The molecule has 1 fully saturated rings. The Hall–Kier alpha value is -3.53. The fourth-order valence-corrected chi connectivity index (χ4v) is 6.33. The number of carbonyl (C=O) groups is 1. The van der Waals surface area contributed by atoms with Crippen LogP contribution in [0.1, 0.15) is 36.7 Å². The number of aromatic nitrogens is 3. The van der Waals surface area contributed by atoms with Crippen LogP contribution >= 0.6 is 0 Å². The van der Waals surface area contributed by atoms with Crippen molar-refractivity contribution in [2.45, 2.75) is 61.7 Å². The molecule has 1 aromatic carbocycles. The lowest BCUT2D eigenvalue weighted by Crippen LogP contribution is -2.44. The zero-order valence-electron chi connectivity index (χ0n) is 20.9. The highest BCUT2D eigenvalue weighted by molar-refractivity contribution is 7.89. The van der Waals surface area contributed by atoms with Gasteiger partial charge in [0.05, 0.1) is 28.2 Å². The molecule has 0 aliphatic carbocycles. The van der Waals surface area contributed by atoms with E-state index >= 15 is 0 Å². The molecule has 7 nitrogen and oxygen atoms in total. The van der Waals surface area contributed by atoms with Gasteiger partial charge in [0.15, 0.2) is 5.78 Å². The van der Waals surface area contributed by atoms with Gasteiger partial charge < -0.3 is 0 Å². The quantitative estimate of drug-likeness (QED) is 0.334. The topological polar surface area (TPSA) is 93.1 Å². The minimum absolute atomic E-state index is 0.124. The molecule has 4 rings (SSSR count). The lowest BCUT2D eigenvalue weighted by molar-refractivity contribution is -0.145. The van der Waals surface area contributed by atoms with Gasteiger partial charge in [-0.2, -0.15) is 30.6 Å². The molecule has 3 atom stereocenters. The third-order valence-electron chi connectivity index (χ3n) is 6.58. The van der Waals surface area contributed by atoms with E-state index in [4.69, 9.17) is 0 Å². The molecule has 1 saturated heterocycles. The monoisotopic (exact) mass is 608 g/mol. The number of hydrogen-bond acceptors (Lipinski definition) is 6. The molecule has 41 heavy (non-hydrogen) atoms. The highest BCUT2D eigenvalue weighted by Gasteiger charge is 2.49. The van der Waals surface area contributed by atoms with Crippen molar-refractivity contribution >= 4 is 15.8 Å². The molecule has 0 unspecified atom stereocenters. The molecule has 3 aromatic rings. The Morgan fingerprint density at radius 1 is 0.976 bits per heavy atom. The van der Waals surface area contributed by atoms with Gasteiger partial charge in [0.2, 0.25) is 15.8 Å². The van der Waals surface area contributed by atoms with Gasteiger partial charge in [0, 0.05) is 37.0 Å². The first-order valence-corrected chi connectivity index (χ1v) is 13.4. The molecule has 0 amide bonds. The van der Waals surface area contributed by atoms with Crippen molar-refractivity contribution in [1.29, 1.82) is 0 Å². The first-order valence-electron chi connectivity index (χ1n) is 11.9. The van der Waals surface area contributed by atoms with Crippen LogP contribution in [0, 0.1) is 5.82 Å². The maximum atomic E-state index is 14.7. The van der Waals surface area contributed by atoms with E-state index in [1.165, 1.54) is 6.92 Å². The summed E-state index contributed by atoms with van der Waals surface area (Å²) in [6.07, 6.45) is -11.3. The Morgan fingerprint density at radius 2 is 1.59 bits per heavy atom. The van der Waals surface area contributed by atoms with Crippen LogP contribution in [0.2, 0.25) is 0 Å². The Bertz CT molecular complexity index is 1530. The molecule has 1 aliphatic heterocycles. The molecule has 1 aliphatic rings. The fourth-order valence-electron chi connectivity index (χ4n) is 4.49. The molecule has 220 valence electrons. The number of pyridine rings is 1. The highest BCUT2D eigenvalue weighted by atomic mass is 32.2. The summed E-state index contributed by atoms with van der Waals surface area (Å²) in [7, 11) is -4.48. The average Bonchev–Trinajstić information content (AvgIpc) is 3.21. The first kappa shape index (κ1) is 30.4. The van der Waals surface area contributed by atoms with E-state index in [1.807, 2.05) is 0 Å². The predicted octanol–water partition coefficient (Wildman–Crippen LogP) is 5.41. The van der Waals surface area contributed by atoms with E-state index in [0.29, 0.717) is 10.5 Å². The largest absolute Gasteiger partial charge is 0.451 e. The van der Waals surface area contributed by atoms with Crippen LogP contribution in [-0.2, 0) is 33.6 Å². The molecule has 16 heteroatoms. The summed E-state index contributed by atoms with van der Waals surface area (Å²) in [5, 5.41) is 0. The van der Waals surface area contributed by atoms with Gasteiger partial charge >= 0.3 is 12.4 Å². The molecular weight excluding hydrogens is 588 g/mol. The fraction of sp³-hybridized carbons (Fsp3) is 0.360. The van der Waals surface area contributed by atoms with Crippen LogP contribution < -0.4 is 0 Å². The number of benzene rings is 1. The van der Waals surface area contributed by atoms with Gasteiger partial charge in [0.25, 0.3) is 0 Å². The summed E-state index contributed by atoms with van der Waals surface area (Å²) >= 11 is 0. The van der Waals surface area contributed by atoms with Crippen molar-refractivity contribution in [2.75, 3.05) is 0 Å². The maximum absolute atomic E-state index is 14.7. The average molecular weight is 609 g/mol. The number of aryl methyl sites for hydroxylation is 1. The maximum Gasteiger partial charge on any atom is 0.451 e. The number of sulfonamides is 1. The summed E-state index contributed by atoms with van der Waals surface area (Å²) in [5.74, 6) is -3.04. The summed E-state index contributed by atoms with van der Waals surface area (Å²) in [6, 6.07) is 1.75. The van der Waals surface area contributed by atoms with Crippen molar-refractivity contribution in [3.63, 3.8) is 0 Å². The van der Waals surface area contributed by atoms with E-state index in [0.717, 1.165) is 42.7 Å². The zero-order chi connectivity index (χ0) is 30.3. The number of nitrogens with zero attached hydrogens (tertiary/aromatic N) is 4. The number of carbonyl (C=O) groups excluding carboxylic acids is 1. The second-order valence-electron chi connectivity index (χ2n) is 9.28. The van der Waals surface area contributed by atoms with Crippen LogP contribution in [0.25, 0.3) is 11.3 Å². The summed E-state index contributed by atoms with van der Waals surface area (Å²) in [6.45, 7) is 1.24. The van der Waals surface area contributed by atoms with Crippen LogP contribution in [0.4, 0.5) is 35.1 Å². The SMILES string of the molecule is C[C@H]1[C@H](F)C[C@@H](C(=O)CCc2cc(-c3cnc(C(F)(F)F)nc3)ncc2C(F)(F)F)N1S(=O)(=O)c1ccc(F)cc1. The molecule has 2 aromatic heterocycles. The van der Waals surface area contributed by atoms with E-state index in [-0.39, 0.29) is 11.3 Å². The van der Waals surface area contributed by atoms with E-state index in [1.54, 1.807) is 0 Å². The molecule has 0 radical (unpaired) electrons. The van der Waals surface area contributed by atoms with Crippen molar-refractivity contribution < 1.29 is 48.3 Å². The summed E-state index contributed by atoms with van der Waals surface area (Å²) in [5.41, 5.74) is -2.00. The molecular formula is C25H20F8N4O3S. The normalized spacial score (nSPS) is 20.4. The molecule has 0 spiro atoms. The molecule has 3 heterocycles. The van der Waals surface area contributed by atoms with Gasteiger partial charge in [-0.3, -0.25) is 9.78 Å². The number of rotatable bonds is 7. The predicted molar refractivity (Wildman–Crippen MR) is 127 cm³/mol. The molecule has 0 saturated carbocycles. The standard InChI is InChI=1S/C25H20F8N4O3S/c1-13-19(27)9-21(37(13)41(39,40)17-5-3-16(26)4-6-17)22(38)7-2-14-8-20(34-12-18(14)24(28,29)30)15-10-35-23(36-11-15)25(31,32)33/h3-6,8,10-13,19,21H,2,7,9H2,1H3/t13-,19+,21-/m0/s1. The minimum Gasteiger partial charge on any atom is -0.298 e. The van der Waals surface area contributed by atoms with Gasteiger partial charge in [-0.15, -0.1) is 0 Å². The van der Waals surface area contributed by atoms with Gasteiger partial charge in [-0.1, -0.05) is 0 Å². The lowest BCUT2D eigenvalue weighted by atomic mass is 9.98. The zero-order valence-corrected chi connectivity index (χ0v) is 21.7. The summed E-state index contributed by atoms with van der Waals surface area (Å²) < 4.78 is 134. The van der Waals surface area contributed by atoms with Crippen molar-refractivity contribution in [3.05, 3.63) is 71.7 Å². The van der Waals surface area contributed by atoms with Crippen LogP contribution in [-0.4, -0.2) is 51.7 Å². The van der Waals surface area contributed by atoms with Crippen molar-refractivity contribution in [3.8, 4) is 11.3 Å². The number of Topliss-reactive ketones (excluding diaryl/α,β-unsaturated/α-hetero) is 1. The van der Waals surface area contributed by atoms with Crippen LogP contribution in [0.5, 0.6) is 0 Å². The van der Waals surface area contributed by atoms with Crippen LogP contribution in [0.3, 0.4) is 0 Å². The van der Waals surface area contributed by atoms with E-state index < -0.39 is 93.3 Å². The number of halogens is 8. The lowest BCUT2D eigenvalue weighted by Gasteiger charge is -2.27. The van der Waals surface area contributed by atoms with Gasteiger partial charge in [-0.25, -0.2) is 27.2 Å². The van der Waals surface area contributed by atoms with E-state index in [2.05, 4.69) is 15.0 Å². The van der Waals surface area contributed by atoms with Gasteiger partial charge in [-0.05, 0) is 49.2 Å². The Balaban J connectivity index is 1.61. The van der Waals surface area contributed by atoms with Crippen molar-refractivity contribution in [2.24, 2.45) is 0 Å².